The SMILES string of the molecule is CCNC(=NCc1ccsc1)NCCNC(=O)C1CC1.I. The Balaban J connectivity index is 0.00000220. The molecule has 1 saturated carbocycles. The second kappa shape index (κ2) is 9.99. The van der Waals surface area contributed by atoms with Crippen molar-refractivity contribution in [2.75, 3.05) is 19.6 Å². The van der Waals surface area contributed by atoms with Crippen LogP contribution >= 0.6 is 35.3 Å². The highest BCUT2D eigenvalue weighted by Crippen LogP contribution is 2.28. The van der Waals surface area contributed by atoms with Crippen molar-refractivity contribution in [1.82, 2.24) is 16.0 Å². The molecule has 1 amide bonds. The van der Waals surface area contributed by atoms with E-state index in [1.807, 2.05) is 6.92 Å². The molecule has 0 aliphatic heterocycles. The fourth-order valence-corrected chi connectivity index (χ4v) is 2.41. The molecule has 1 aliphatic rings. The molecule has 5 nitrogen and oxygen atoms in total. The Morgan fingerprint density at radius 2 is 2.10 bits per heavy atom. The number of hydrogen-bond donors (Lipinski definition) is 3. The lowest BCUT2D eigenvalue weighted by Crippen LogP contribution is -2.41. The first-order chi connectivity index (χ1) is 9.79. The maximum atomic E-state index is 11.5. The Morgan fingerprint density at radius 3 is 2.71 bits per heavy atom. The summed E-state index contributed by atoms with van der Waals surface area (Å²) in [6.45, 7) is 4.86. The van der Waals surface area contributed by atoms with E-state index in [-0.39, 0.29) is 35.8 Å². The molecule has 0 bridgehead atoms. The van der Waals surface area contributed by atoms with Crippen LogP contribution in [0.5, 0.6) is 0 Å². The van der Waals surface area contributed by atoms with Gasteiger partial charge in [0.25, 0.3) is 0 Å². The number of rotatable bonds is 7. The number of nitrogens with one attached hydrogen (secondary N) is 3. The summed E-state index contributed by atoms with van der Waals surface area (Å²) in [7, 11) is 0. The molecule has 118 valence electrons. The van der Waals surface area contributed by atoms with E-state index in [0.717, 1.165) is 25.3 Å². The first kappa shape index (κ1) is 18.2. The van der Waals surface area contributed by atoms with Gasteiger partial charge in [0.1, 0.15) is 0 Å². The van der Waals surface area contributed by atoms with Crippen LogP contribution < -0.4 is 16.0 Å². The van der Waals surface area contributed by atoms with E-state index in [4.69, 9.17) is 0 Å². The molecule has 0 saturated heterocycles. The smallest absolute Gasteiger partial charge is 0.223 e. The zero-order valence-corrected chi connectivity index (χ0v) is 15.4. The molecule has 1 aromatic heterocycles. The number of halogens is 1. The van der Waals surface area contributed by atoms with Gasteiger partial charge >= 0.3 is 0 Å². The standard InChI is InChI=1S/C14H22N4OS.HI/c1-2-15-14(18-9-11-5-8-20-10-11)17-7-6-16-13(19)12-3-4-12;/h5,8,10,12H,2-4,6-7,9H2,1H3,(H,16,19)(H2,15,17,18);1H. The molecule has 0 atom stereocenters. The third-order valence-corrected chi connectivity index (χ3v) is 3.74. The van der Waals surface area contributed by atoms with Crippen molar-refractivity contribution in [3.63, 3.8) is 0 Å². The van der Waals surface area contributed by atoms with Gasteiger partial charge in [0.2, 0.25) is 5.91 Å². The zero-order valence-electron chi connectivity index (χ0n) is 12.2. The largest absolute Gasteiger partial charge is 0.357 e. The molecule has 0 unspecified atom stereocenters. The van der Waals surface area contributed by atoms with Gasteiger partial charge in [-0.05, 0) is 42.2 Å². The van der Waals surface area contributed by atoms with E-state index in [1.54, 1.807) is 11.3 Å². The van der Waals surface area contributed by atoms with Gasteiger partial charge in [0, 0.05) is 25.6 Å². The molecule has 7 heteroatoms. The Hall–Kier alpha value is -0.830. The number of guanidine groups is 1. The van der Waals surface area contributed by atoms with Crippen LogP contribution in [-0.2, 0) is 11.3 Å². The van der Waals surface area contributed by atoms with Gasteiger partial charge in [-0.2, -0.15) is 11.3 Å². The first-order valence-electron chi connectivity index (χ1n) is 7.10. The monoisotopic (exact) mass is 422 g/mol. The van der Waals surface area contributed by atoms with Gasteiger partial charge in [-0.15, -0.1) is 24.0 Å². The van der Waals surface area contributed by atoms with Crippen LogP contribution in [0.1, 0.15) is 25.3 Å². The number of carbonyl (C=O) groups is 1. The van der Waals surface area contributed by atoms with Crippen molar-refractivity contribution in [2.45, 2.75) is 26.3 Å². The average Bonchev–Trinajstić information content (AvgIpc) is 3.17. The Bertz CT molecular complexity index is 446. The predicted molar refractivity (Wildman–Crippen MR) is 98.3 cm³/mol. The Kier molecular flexibility index (Phi) is 8.67. The highest BCUT2D eigenvalue weighted by Gasteiger charge is 2.28. The summed E-state index contributed by atoms with van der Waals surface area (Å²) < 4.78 is 0. The molecule has 3 N–H and O–H groups in total. The minimum Gasteiger partial charge on any atom is -0.357 e. The minimum atomic E-state index is 0. The van der Waals surface area contributed by atoms with Crippen LogP contribution in [0.2, 0.25) is 0 Å². The fourth-order valence-electron chi connectivity index (χ4n) is 1.75. The minimum absolute atomic E-state index is 0. The maximum absolute atomic E-state index is 11.5. The number of amides is 1. The normalized spacial score (nSPS) is 14.2. The van der Waals surface area contributed by atoms with Crippen molar-refractivity contribution in [2.24, 2.45) is 10.9 Å². The topological polar surface area (TPSA) is 65.5 Å². The van der Waals surface area contributed by atoms with E-state index in [9.17, 15) is 4.79 Å². The molecular weight excluding hydrogens is 399 g/mol. The summed E-state index contributed by atoms with van der Waals surface area (Å²) >= 11 is 1.68. The van der Waals surface area contributed by atoms with Gasteiger partial charge in [0.15, 0.2) is 5.96 Å². The molecule has 1 aromatic rings. The molecule has 1 fully saturated rings. The number of aliphatic imine (C=N–C) groups is 1. The quantitative estimate of drug-likeness (QED) is 0.273. The first-order valence-corrected chi connectivity index (χ1v) is 8.05. The third kappa shape index (κ3) is 7.12. The van der Waals surface area contributed by atoms with Crippen LogP contribution in [0.15, 0.2) is 21.8 Å². The molecule has 0 radical (unpaired) electrons. The predicted octanol–water partition coefficient (Wildman–Crippen LogP) is 1.95. The molecule has 2 rings (SSSR count). The second-order valence-electron chi connectivity index (χ2n) is 4.82. The summed E-state index contributed by atoms with van der Waals surface area (Å²) in [5.41, 5.74) is 1.22. The highest BCUT2D eigenvalue weighted by atomic mass is 127. The fraction of sp³-hybridized carbons (Fsp3) is 0.571. The number of hydrogen-bond acceptors (Lipinski definition) is 3. The number of carbonyl (C=O) groups excluding carboxylic acids is 1. The van der Waals surface area contributed by atoms with Crippen molar-refractivity contribution in [3.8, 4) is 0 Å². The lowest BCUT2D eigenvalue weighted by Gasteiger charge is -2.11. The van der Waals surface area contributed by atoms with Gasteiger partial charge in [0.05, 0.1) is 6.54 Å². The molecule has 1 aliphatic carbocycles. The summed E-state index contributed by atoms with van der Waals surface area (Å²) in [6, 6.07) is 2.08. The molecule has 0 aromatic carbocycles. The molecule has 0 spiro atoms. The van der Waals surface area contributed by atoms with Crippen LogP contribution in [0.4, 0.5) is 0 Å². The van der Waals surface area contributed by atoms with Gasteiger partial charge in [-0.3, -0.25) is 4.79 Å². The van der Waals surface area contributed by atoms with E-state index in [0.29, 0.717) is 19.6 Å². The number of thiophene rings is 1. The Morgan fingerprint density at radius 1 is 1.33 bits per heavy atom. The average molecular weight is 422 g/mol. The summed E-state index contributed by atoms with van der Waals surface area (Å²) in [6.07, 6.45) is 2.09. The van der Waals surface area contributed by atoms with E-state index in [2.05, 4.69) is 37.8 Å². The van der Waals surface area contributed by atoms with E-state index in [1.165, 1.54) is 5.56 Å². The maximum Gasteiger partial charge on any atom is 0.223 e. The van der Waals surface area contributed by atoms with Crippen molar-refractivity contribution in [3.05, 3.63) is 22.4 Å². The van der Waals surface area contributed by atoms with Gasteiger partial charge in [-0.1, -0.05) is 0 Å². The van der Waals surface area contributed by atoms with Gasteiger partial charge in [-0.25, -0.2) is 4.99 Å². The zero-order chi connectivity index (χ0) is 14.2. The Labute approximate surface area is 147 Å². The van der Waals surface area contributed by atoms with Crippen molar-refractivity contribution in [1.29, 1.82) is 0 Å². The third-order valence-electron chi connectivity index (χ3n) is 3.01. The molecule has 1 heterocycles. The van der Waals surface area contributed by atoms with Crippen LogP contribution in [0.25, 0.3) is 0 Å². The summed E-state index contributed by atoms with van der Waals surface area (Å²) in [5, 5.41) is 13.5. The highest BCUT2D eigenvalue weighted by molar-refractivity contribution is 14.0. The van der Waals surface area contributed by atoms with E-state index >= 15 is 0 Å². The molecular formula is C14H23IN4OS. The second-order valence-corrected chi connectivity index (χ2v) is 5.60. The van der Waals surface area contributed by atoms with Crippen molar-refractivity contribution < 1.29 is 4.79 Å². The van der Waals surface area contributed by atoms with Crippen LogP contribution in [0.3, 0.4) is 0 Å². The lowest BCUT2D eigenvalue weighted by molar-refractivity contribution is -0.122. The van der Waals surface area contributed by atoms with E-state index < -0.39 is 0 Å². The summed E-state index contributed by atoms with van der Waals surface area (Å²) in [4.78, 5) is 16.0. The molecule has 21 heavy (non-hydrogen) atoms. The van der Waals surface area contributed by atoms with Gasteiger partial charge < -0.3 is 16.0 Å². The summed E-state index contributed by atoms with van der Waals surface area (Å²) in [5.74, 6) is 1.25. The van der Waals surface area contributed by atoms with Crippen LogP contribution in [-0.4, -0.2) is 31.5 Å². The van der Waals surface area contributed by atoms with Crippen LogP contribution in [0, 0.1) is 5.92 Å². The van der Waals surface area contributed by atoms with Crippen molar-refractivity contribution >= 4 is 47.2 Å². The lowest BCUT2D eigenvalue weighted by atomic mass is 10.3. The number of nitrogens with zero attached hydrogens (tertiary/aromatic N) is 1.